The zero-order chi connectivity index (χ0) is 16.2. The molecule has 5 nitrogen and oxygen atoms in total. The first kappa shape index (κ1) is 15.4. The molecule has 0 radical (unpaired) electrons. The van der Waals surface area contributed by atoms with Crippen LogP contribution in [0.15, 0.2) is 54.2 Å². The van der Waals surface area contributed by atoms with Crippen LogP contribution in [0.4, 0.5) is 0 Å². The summed E-state index contributed by atoms with van der Waals surface area (Å²) in [6.45, 7) is 3.39. The molecule has 0 bridgehead atoms. The number of hydrogen-bond acceptors (Lipinski definition) is 6. The molecule has 4 rings (SSSR count). The van der Waals surface area contributed by atoms with Crippen molar-refractivity contribution in [3.05, 3.63) is 65.4 Å². The monoisotopic (exact) mass is 338 g/mol. The van der Waals surface area contributed by atoms with Gasteiger partial charge in [0.2, 0.25) is 0 Å². The van der Waals surface area contributed by atoms with E-state index in [0.717, 1.165) is 36.9 Å². The van der Waals surface area contributed by atoms with E-state index in [0.29, 0.717) is 5.82 Å². The van der Waals surface area contributed by atoms with Crippen molar-refractivity contribution in [1.82, 2.24) is 19.9 Å². The maximum absolute atomic E-state index is 5.93. The number of aromatic nitrogens is 3. The lowest BCUT2D eigenvalue weighted by atomic mass is 10.1. The smallest absolute Gasteiger partial charge is 0.188 e. The van der Waals surface area contributed by atoms with Crippen LogP contribution < -0.4 is 0 Å². The van der Waals surface area contributed by atoms with Crippen LogP contribution in [0.2, 0.25) is 0 Å². The minimum absolute atomic E-state index is 0.135. The lowest BCUT2D eigenvalue weighted by molar-refractivity contribution is -0.0332. The third-order valence-corrected chi connectivity index (χ3v) is 4.90. The number of thiazole rings is 1. The minimum Gasteiger partial charge on any atom is -0.371 e. The Balaban J connectivity index is 1.43. The van der Waals surface area contributed by atoms with Crippen LogP contribution >= 0.6 is 11.3 Å². The average molecular weight is 338 g/mol. The van der Waals surface area contributed by atoms with Gasteiger partial charge in [0.25, 0.3) is 0 Å². The van der Waals surface area contributed by atoms with Gasteiger partial charge in [-0.2, -0.15) is 0 Å². The number of nitrogens with zero attached hydrogens (tertiary/aromatic N) is 4. The van der Waals surface area contributed by atoms with E-state index in [2.05, 4.69) is 49.5 Å². The van der Waals surface area contributed by atoms with Crippen molar-refractivity contribution < 1.29 is 4.74 Å². The zero-order valence-electron chi connectivity index (χ0n) is 13.2. The molecule has 122 valence electrons. The summed E-state index contributed by atoms with van der Waals surface area (Å²) in [5.74, 6) is 0.692. The first-order chi connectivity index (χ1) is 11.9. The van der Waals surface area contributed by atoms with Gasteiger partial charge in [0.1, 0.15) is 0 Å². The van der Waals surface area contributed by atoms with Gasteiger partial charge in [-0.05, 0) is 11.6 Å². The molecule has 0 unspecified atom stereocenters. The summed E-state index contributed by atoms with van der Waals surface area (Å²) in [4.78, 5) is 15.6. The Bertz CT molecular complexity index is 778. The van der Waals surface area contributed by atoms with Crippen LogP contribution in [0, 0.1) is 0 Å². The highest BCUT2D eigenvalue weighted by Gasteiger charge is 2.22. The fraction of sp³-hybridized carbons (Fsp3) is 0.278. The van der Waals surface area contributed by atoms with Gasteiger partial charge in [-0.3, -0.25) is 4.90 Å². The molecule has 1 aliphatic heterocycles. The molecule has 2 aromatic heterocycles. The molecule has 1 fully saturated rings. The molecule has 0 N–H and O–H groups in total. The SMILES string of the molecule is c1ccc([C@@H]2CN(Cc3csc(-c4ncccn4)n3)CCO2)cc1. The lowest BCUT2D eigenvalue weighted by Crippen LogP contribution is -2.37. The Morgan fingerprint density at radius 2 is 1.96 bits per heavy atom. The fourth-order valence-electron chi connectivity index (χ4n) is 2.84. The molecule has 3 aromatic rings. The van der Waals surface area contributed by atoms with Crippen LogP contribution in [0.25, 0.3) is 10.8 Å². The molecular weight excluding hydrogens is 320 g/mol. The first-order valence-corrected chi connectivity index (χ1v) is 8.87. The quantitative estimate of drug-likeness (QED) is 0.731. The summed E-state index contributed by atoms with van der Waals surface area (Å²) in [5.41, 5.74) is 2.30. The minimum atomic E-state index is 0.135. The largest absolute Gasteiger partial charge is 0.371 e. The van der Waals surface area contributed by atoms with Crippen LogP contribution in [0.5, 0.6) is 0 Å². The van der Waals surface area contributed by atoms with Crippen molar-refractivity contribution in [2.24, 2.45) is 0 Å². The summed E-state index contributed by atoms with van der Waals surface area (Å²) < 4.78 is 5.93. The number of hydrogen-bond donors (Lipinski definition) is 0. The Morgan fingerprint density at radius 3 is 2.79 bits per heavy atom. The topological polar surface area (TPSA) is 51.1 Å². The van der Waals surface area contributed by atoms with Gasteiger partial charge in [-0.25, -0.2) is 15.0 Å². The second-order valence-electron chi connectivity index (χ2n) is 5.72. The second-order valence-corrected chi connectivity index (χ2v) is 6.58. The van der Waals surface area contributed by atoms with Gasteiger partial charge in [0.05, 0.1) is 18.4 Å². The molecule has 1 saturated heterocycles. The second kappa shape index (κ2) is 7.17. The molecule has 1 aromatic carbocycles. The van der Waals surface area contributed by atoms with Crippen molar-refractivity contribution in [1.29, 1.82) is 0 Å². The highest BCUT2D eigenvalue weighted by atomic mass is 32.1. The van der Waals surface area contributed by atoms with Crippen molar-refractivity contribution in [3.63, 3.8) is 0 Å². The summed E-state index contributed by atoms with van der Waals surface area (Å²) in [5, 5.41) is 2.97. The normalized spacial score (nSPS) is 18.6. The first-order valence-electron chi connectivity index (χ1n) is 7.99. The number of rotatable bonds is 4. The fourth-order valence-corrected chi connectivity index (χ4v) is 3.59. The molecule has 0 saturated carbocycles. The summed E-state index contributed by atoms with van der Waals surface area (Å²) in [6, 6.07) is 12.2. The van der Waals surface area contributed by atoms with Crippen molar-refractivity contribution >= 4 is 11.3 Å². The van der Waals surface area contributed by atoms with Gasteiger partial charge in [0, 0.05) is 37.4 Å². The Labute approximate surface area is 145 Å². The molecule has 0 aliphatic carbocycles. The molecule has 1 aliphatic rings. The van der Waals surface area contributed by atoms with Gasteiger partial charge < -0.3 is 4.74 Å². The Kier molecular flexibility index (Phi) is 4.60. The number of benzene rings is 1. The van der Waals surface area contributed by atoms with E-state index in [9.17, 15) is 0 Å². The van der Waals surface area contributed by atoms with Crippen molar-refractivity contribution in [3.8, 4) is 10.8 Å². The van der Waals surface area contributed by atoms with Gasteiger partial charge in [0.15, 0.2) is 10.8 Å². The average Bonchev–Trinajstić information content (AvgIpc) is 3.12. The number of ether oxygens (including phenoxy) is 1. The highest BCUT2D eigenvalue weighted by molar-refractivity contribution is 7.13. The third-order valence-electron chi connectivity index (χ3n) is 4.02. The van der Waals surface area contributed by atoms with E-state index >= 15 is 0 Å². The summed E-state index contributed by atoms with van der Waals surface area (Å²) in [6.07, 6.45) is 3.63. The lowest BCUT2D eigenvalue weighted by Gasteiger charge is -2.32. The maximum Gasteiger partial charge on any atom is 0.188 e. The predicted octanol–water partition coefficient (Wildman–Crippen LogP) is 3.17. The van der Waals surface area contributed by atoms with E-state index in [-0.39, 0.29) is 6.10 Å². The van der Waals surface area contributed by atoms with Gasteiger partial charge in [-0.15, -0.1) is 11.3 Å². The van der Waals surface area contributed by atoms with Crippen molar-refractivity contribution in [2.45, 2.75) is 12.6 Å². The van der Waals surface area contributed by atoms with E-state index < -0.39 is 0 Å². The van der Waals surface area contributed by atoms with E-state index in [1.807, 2.05) is 12.1 Å². The van der Waals surface area contributed by atoms with Crippen molar-refractivity contribution in [2.75, 3.05) is 19.7 Å². The molecule has 24 heavy (non-hydrogen) atoms. The molecular formula is C18H18N4OS. The summed E-state index contributed by atoms with van der Waals surface area (Å²) in [7, 11) is 0. The highest BCUT2D eigenvalue weighted by Crippen LogP contribution is 2.25. The molecule has 6 heteroatoms. The Hall–Kier alpha value is -2.15. The van der Waals surface area contributed by atoms with E-state index in [1.165, 1.54) is 5.56 Å². The molecule has 0 amide bonds. The van der Waals surface area contributed by atoms with E-state index in [4.69, 9.17) is 4.74 Å². The number of morpholine rings is 1. The third kappa shape index (κ3) is 3.51. The van der Waals surface area contributed by atoms with Crippen LogP contribution in [-0.2, 0) is 11.3 Å². The summed E-state index contributed by atoms with van der Waals surface area (Å²) >= 11 is 1.59. The Morgan fingerprint density at radius 1 is 1.12 bits per heavy atom. The van der Waals surface area contributed by atoms with Gasteiger partial charge >= 0.3 is 0 Å². The molecule has 1 atom stereocenters. The van der Waals surface area contributed by atoms with Gasteiger partial charge in [-0.1, -0.05) is 30.3 Å². The van der Waals surface area contributed by atoms with Crippen LogP contribution in [0.3, 0.4) is 0 Å². The predicted molar refractivity (Wildman–Crippen MR) is 93.6 cm³/mol. The van der Waals surface area contributed by atoms with Crippen LogP contribution in [0.1, 0.15) is 17.4 Å². The van der Waals surface area contributed by atoms with Crippen LogP contribution in [-0.4, -0.2) is 39.5 Å². The molecule has 0 spiro atoms. The standard InChI is InChI=1S/C18H18N4OS/c1-2-5-14(6-3-1)16-12-22(9-10-23-16)11-15-13-24-18(21-15)17-19-7-4-8-20-17/h1-8,13,16H,9-12H2/t16-/m0/s1. The maximum atomic E-state index is 5.93. The molecule has 3 heterocycles. The van der Waals surface area contributed by atoms with E-state index in [1.54, 1.807) is 23.7 Å². The zero-order valence-corrected chi connectivity index (χ0v) is 14.0.